The summed E-state index contributed by atoms with van der Waals surface area (Å²) in [6.45, 7) is 3.97. The van der Waals surface area contributed by atoms with Crippen molar-refractivity contribution in [3.05, 3.63) is 35.4 Å². The molecule has 1 aliphatic heterocycles. The monoisotopic (exact) mass is 272 g/mol. The van der Waals surface area contributed by atoms with E-state index in [9.17, 15) is 4.79 Å². The van der Waals surface area contributed by atoms with Gasteiger partial charge in [-0.05, 0) is 50.3 Å². The Morgan fingerprint density at radius 2 is 2.15 bits per heavy atom. The zero-order valence-electron chi connectivity index (χ0n) is 12.4. The first-order chi connectivity index (χ1) is 9.70. The molecule has 1 heterocycles. The number of benzene rings is 1. The van der Waals surface area contributed by atoms with Crippen LogP contribution in [0.25, 0.3) is 0 Å². The van der Waals surface area contributed by atoms with Crippen LogP contribution in [0.2, 0.25) is 0 Å². The minimum absolute atomic E-state index is 0.228. The maximum Gasteiger partial charge on any atom is 0.226 e. The van der Waals surface area contributed by atoms with Crippen molar-refractivity contribution >= 4 is 5.91 Å². The normalized spacial score (nSPS) is 29.3. The second-order valence-electron chi connectivity index (χ2n) is 6.22. The number of likely N-dealkylation sites (N-methyl/N-ethyl adjacent to an activating group) is 1. The molecule has 2 fully saturated rings. The summed E-state index contributed by atoms with van der Waals surface area (Å²) in [7, 11) is 1.99. The second-order valence-corrected chi connectivity index (χ2v) is 6.22. The molecule has 1 saturated carbocycles. The highest BCUT2D eigenvalue weighted by molar-refractivity contribution is 5.83. The number of carbonyl (C=O) groups is 1. The van der Waals surface area contributed by atoms with Gasteiger partial charge in [-0.15, -0.1) is 0 Å². The maximum atomic E-state index is 12.6. The highest BCUT2D eigenvalue weighted by Gasteiger charge is 2.46. The van der Waals surface area contributed by atoms with Gasteiger partial charge in [0.2, 0.25) is 5.91 Å². The number of piperidine rings is 1. The molecule has 1 aromatic carbocycles. The number of nitrogens with one attached hydrogen (secondary N) is 1. The molecule has 3 atom stereocenters. The lowest BCUT2D eigenvalue weighted by molar-refractivity contribution is -0.134. The number of aryl methyl sites for hydroxylation is 1. The summed E-state index contributed by atoms with van der Waals surface area (Å²) in [4.78, 5) is 14.7. The van der Waals surface area contributed by atoms with E-state index < -0.39 is 0 Å². The molecule has 108 valence electrons. The van der Waals surface area contributed by atoms with Crippen molar-refractivity contribution in [2.45, 2.75) is 38.1 Å². The summed E-state index contributed by atoms with van der Waals surface area (Å²) in [5.41, 5.74) is 2.69. The highest BCUT2D eigenvalue weighted by atomic mass is 16.2. The third-order valence-corrected chi connectivity index (χ3v) is 4.84. The topological polar surface area (TPSA) is 32.3 Å². The number of hydrogen-bond donors (Lipinski definition) is 1. The van der Waals surface area contributed by atoms with Gasteiger partial charge in [-0.2, -0.15) is 0 Å². The van der Waals surface area contributed by atoms with Crippen molar-refractivity contribution in [3.8, 4) is 0 Å². The first-order valence-corrected chi connectivity index (χ1v) is 7.72. The summed E-state index contributed by atoms with van der Waals surface area (Å²) < 4.78 is 0. The predicted molar refractivity (Wildman–Crippen MR) is 80.7 cm³/mol. The Bertz CT molecular complexity index is 500. The molecule has 3 nitrogen and oxygen atoms in total. The highest BCUT2D eigenvalue weighted by Crippen LogP contribution is 2.49. The van der Waals surface area contributed by atoms with Gasteiger partial charge in [0.25, 0.3) is 0 Å². The fraction of sp³-hybridized carbons (Fsp3) is 0.588. The SMILES string of the molecule is CN[C@@H]1CCCN(C(=O)[C@@H]2C[C@@H]2c2ccccc2C)C1. The summed E-state index contributed by atoms with van der Waals surface area (Å²) in [5.74, 6) is 1.06. The summed E-state index contributed by atoms with van der Waals surface area (Å²) in [6, 6.07) is 8.95. The van der Waals surface area contributed by atoms with Crippen LogP contribution in [0.1, 0.15) is 36.3 Å². The second kappa shape index (κ2) is 5.57. The summed E-state index contributed by atoms with van der Waals surface area (Å²) in [5, 5.41) is 3.31. The Morgan fingerprint density at radius 1 is 1.35 bits per heavy atom. The molecule has 0 spiro atoms. The number of likely N-dealkylation sites (tertiary alicyclic amines) is 1. The van der Waals surface area contributed by atoms with Crippen LogP contribution in [0.5, 0.6) is 0 Å². The van der Waals surface area contributed by atoms with Crippen LogP contribution < -0.4 is 5.32 Å². The van der Waals surface area contributed by atoms with Crippen molar-refractivity contribution in [1.82, 2.24) is 10.2 Å². The van der Waals surface area contributed by atoms with E-state index in [1.165, 1.54) is 17.5 Å². The van der Waals surface area contributed by atoms with E-state index in [1.54, 1.807) is 0 Å². The Hall–Kier alpha value is -1.35. The molecule has 1 N–H and O–H groups in total. The van der Waals surface area contributed by atoms with Gasteiger partial charge in [0.15, 0.2) is 0 Å². The lowest BCUT2D eigenvalue weighted by Gasteiger charge is -2.32. The Labute approximate surface area is 121 Å². The van der Waals surface area contributed by atoms with Crippen LogP contribution in [-0.4, -0.2) is 37.0 Å². The molecule has 0 aromatic heterocycles. The molecule has 1 saturated heterocycles. The van der Waals surface area contributed by atoms with Gasteiger partial charge < -0.3 is 10.2 Å². The predicted octanol–water partition coefficient (Wildman–Crippen LogP) is 2.31. The molecule has 1 amide bonds. The smallest absolute Gasteiger partial charge is 0.226 e. The van der Waals surface area contributed by atoms with Crippen LogP contribution in [0.4, 0.5) is 0 Å². The fourth-order valence-corrected chi connectivity index (χ4v) is 3.46. The molecule has 1 aromatic rings. The quantitative estimate of drug-likeness (QED) is 0.916. The molecule has 1 aliphatic carbocycles. The molecular weight excluding hydrogens is 248 g/mol. The maximum absolute atomic E-state index is 12.6. The molecule has 3 rings (SSSR count). The fourth-order valence-electron chi connectivity index (χ4n) is 3.46. The van der Waals surface area contributed by atoms with Crippen LogP contribution in [0.15, 0.2) is 24.3 Å². The van der Waals surface area contributed by atoms with E-state index in [-0.39, 0.29) is 5.92 Å². The lowest BCUT2D eigenvalue weighted by atomic mass is 10.0. The van der Waals surface area contributed by atoms with Gasteiger partial charge >= 0.3 is 0 Å². The number of nitrogens with zero attached hydrogens (tertiary/aromatic N) is 1. The lowest BCUT2D eigenvalue weighted by Crippen LogP contribution is -2.47. The third-order valence-electron chi connectivity index (χ3n) is 4.84. The first kappa shape index (κ1) is 13.6. The third kappa shape index (κ3) is 2.59. The van der Waals surface area contributed by atoms with Crippen LogP contribution in [-0.2, 0) is 4.79 Å². The van der Waals surface area contributed by atoms with E-state index >= 15 is 0 Å². The van der Waals surface area contributed by atoms with Gasteiger partial charge in [0.05, 0.1) is 0 Å². The molecule has 3 heteroatoms. The average molecular weight is 272 g/mol. The largest absolute Gasteiger partial charge is 0.341 e. The zero-order chi connectivity index (χ0) is 14.1. The van der Waals surface area contributed by atoms with Gasteiger partial charge in [0, 0.05) is 25.0 Å². The van der Waals surface area contributed by atoms with Gasteiger partial charge in [-0.25, -0.2) is 0 Å². The van der Waals surface area contributed by atoms with Crippen molar-refractivity contribution in [1.29, 1.82) is 0 Å². The Kier molecular flexibility index (Phi) is 3.79. The molecule has 20 heavy (non-hydrogen) atoms. The van der Waals surface area contributed by atoms with Crippen LogP contribution >= 0.6 is 0 Å². The molecule has 0 bridgehead atoms. The minimum Gasteiger partial charge on any atom is -0.341 e. The van der Waals surface area contributed by atoms with Gasteiger partial charge in [-0.3, -0.25) is 4.79 Å². The van der Waals surface area contributed by atoms with E-state index in [4.69, 9.17) is 0 Å². The molecule has 0 radical (unpaired) electrons. The van der Waals surface area contributed by atoms with E-state index in [0.717, 1.165) is 25.9 Å². The standard InChI is InChI=1S/C17H24N2O/c1-12-6-3-4-8-14(12)15-10-16(15)17(20)19-9-5-7-13(11-19)18-2/h3-4,6,8,13,15-16,18H,5,7,9-11H2,1-2H3/t13-,15-,16-/m1/s1. The Balaban J connectivity index is 1.64. The average Bonchev–Trinajstić information content (AvgIpc) is 3.27. The van der Waals surface area contributed by atoms with Crippen LogP contribution in [0.3, 0.4) is 0 Å². The zero-order valence-corrected chi connectivity index (χ0v) is 12.4. The van der Waals surface area contributed by atoms with E-state index in [0.29, 0.717) is 17.9 Å². The first-order valence-electron chi connectivity index (χ1n) is 7.72. The number of rotatable bonds is 3. The van der Waals surface area contributed by atoms with Crippen molar-refractivity contribution < 1.29 is 4.79 Å². The molecule has 0 unspecified atom stereocenters. The number of amides is 1. The van der Waals surface area contributed by atoms with E-state index in [2.05, 4.69) is 41.4 Å². The minimum atomic E-state index is 0.228. The van der Waals surface area contributed by atoms with Crippen LogP contribution in [0, 0.1) is 12.8 Å². The van der Waals surface area contributed by atoms with Gasteiger partial charge in [-0.1, -0.05) is 24.3 Å². The molecule has 2 aliphatic rings. The van der Waals surface area contributed by atoms with Crippen molar-refractivity contribution in [2.24, 2.45) is 5.92 Å². The molecular formula is C17H24N2O. The van der Waals surface area contributed by atoms with E-state index in [1.807, 2.05) is 7.05 Å². The summed E-state index contributed by atoms with van der Waals surface area (Å²) in [6.07, 6.45) is 3.34. The number of carbonyl (C=O) groups excluding carboxylic acids is 1. The number of hydrogen-bond acceptors (Lipinski definition) is 2. The van der Waals surface area contributed by atoms with Crippen molar-refractivity contribution in [3.63, 3.8) is 0 Å². The Morgan fingerprint density at radius 3 is 2.90 bits per heavy atom. The summed E-state index contributed by atoms with van der Waals surface area (Å²) >= 11 is 0. The van der Waals surface area contributed by atoms with Gasteiger partial charge in [0.1, 0.15) is 0 Å². The van der Waals surface area contributed by atoms with Crippen molar-refractivity contribution in [2.75, 3.05) is 20.1 Å².